The van der Waals surface area contributed by atoms with E-state index in [0.29, 0.717) is 15.4 Å². The second-order valence-corrected chi connectivity index (χ2v) is 9.39. The Bertz CT molecular complexity index is 631. The van der Waals surface area contributed by atoms with Gasteiger partial charge in [-0.2, -0.15) is 0 Å². The summed E-state index contributed by atoms with van der Waals surface area (Å²) in [6.45, 7) is 6.05. The summed E-state index contributed by atoms with van der Waals surface area (Å²) in [4.78, 5) is 13.2. The van der Waals surface area contributed by atoms with E-state index in [2.05, 4.69) is 29.4 Å². The SMILES string of the molecule is CC(C)Sc1nnc(NC(=O)[C@@H](C)Sc2ccc(Cl)cc2)s1. The minimum atomic E-state index is -0.230. The molecule has 0 saturated carbocycles. The number of hydrogen-bond donors (Lipinski definition) is 1. The fourth-order valence-corrected chi connectivity index (χ4v) is 4.46. The number of anilines is 1. The first kappa shape index (κ1) is 17.6. The number of thioether (sulfide) groups is 2. The minimum absolute atomic E-state index is 0.0859. The molecule has 2 rings (SSSR count). The fourth-order valence-electron chi connectivity index (χ4n) is 1.49. The molecule has 22 heavy (non-hydrogen) atoms. The monoisotopic (exact) mass is 373 g/mol. The number of aromatic nitrogens is 2. The molecular formula is C14H16ClN3OS3. The zero-order chi connectivity index (χ0) is 16.1. The molecule has 0 unspecified atom stereocenters. The van der Waals surface area contributed by atoms with Crippen LogP contribution in [0.25, 0.3) is 0 Å². The van der Waals surface area contributed by atoms with Crippen molar-refractivity contribution in [2.45, 2.75) is 40.5 Å². The summed E-state index contributed by atoms with van der Waals surface area (Å²) >= 11 is 10.4. The lowest BCUT2D eigenvalue weighted by molar-refractivity contribution is -0.115. The molecule has 0 bridgehead atoms. The molecule has 1 amide bonds. The molecule has 0 saturated heterocycles. The highest BCUT2D eigenvalue weighted by atomic mass is 35.5. The van der Waals surface area contributed by atoms with Crippen molar-refractivity contribution in [2.75, 3.05) is 5.32 Å². The van der Waals surface area contributed by atoms with Crippen LogP contribution >= 0.6 is 46.5 Å². The third kappa shape index (κ3) is 5.46. The molecule has 1 atom stereocenters. The van der Waals surface area contributed by atoms with Gasteiger partial charge >= 0.3 is 0 Å². The third-order valence-electron chi connectivity index (χ3n) is 2.47. The molecule has 0 aliphatic heterocycles. The molecule has 0 spiro atoms. The number of rotatable bonds is 6. The van der Waals surface area contributed by atoms with E-state index in [4.69, 9.17) is 11.6 Å². The van der Waals surface area contributed by atoms with Crippen molar-refractivity contribution >= 4 is 57.5 Å². The Labute approximate surface area is 147 Å². The van der Waals surface area contributed by atoms with Gasteiger partial charge in [-0.3, -0.25) is 10.1 Å². The molecule has 1 aromatic heterocycles. The highest BCUT2D eigenvalue weighted by Gasteiger charge is 2.17. The van der Waals surface area contributed by atoms with Gasteiger partial charge in [0.1, 0.15) is 0 Å². The Morgan fingerprint density at radius 2 is 1.86 bits per heavy atom. The van der Waals surface area contributed by atoms with Gasteiger partial charge in [0.25, 0.3) is 0 Å². The highest BCUT2D eigenvalue weighted by Crippen LogP contribution is 2.30. The van der Waals surface area contributed by atoms with Crippen molar-refractivity contribution in [3.8, 4) is 0 Å². The Kier molecular flexibility index (Phi) is 6.55. The fraction of sp³-hybridized carbons (Fsp3) is 0.357. The van der Waals surface area contributed by atoms with E-state index in [1.54, 1.807) is 11.8 Å². The number of halogens is 1. The molecular weight excluding hydrogens is 358 g/mol. The van der Waals surface area contributed by atoms with Crippen LogP contribution in [0, 0.1) is 0 Å². The molecule has 2 aromatic rings. The summed E-state index contributed by atoms with van der Waals surface area (Å²) in [5.41, 5.74) is 0. The summed E-state index contributed by atoms with van der Waals surface area (Å²) in [6, 6.07) is 7.43. The Hall–Kier alpha value is -0.760. The molecule has 0 fully saturated rings. The zero-order valence-electron chi connectivity index (χ0n) is 12.4. The normalized spacial score (nSPS) is 12.4. The van der Waals surface area contributed by atoms with Gasteiger partial charge in [0, 0.05) is 15.2 Å². The van der Waals surface area contributed by atoms with Gasteiger partial charge in [0.2, 0.25) is 11.0 Å². The molecule has 1 N–H and O–H groups in total. The van der Waals surface area contributed by atoms with Crippen LogP contribution in [0.15, 0.2) is 33.5 Å². The van der Waals surface area contributed by atoms with Crippen LogP contribution in [0.3, 0.4) is 0 Å². The summed E-state index contributed by atoms with van der Waals surface area (Å²) in [5.74, 6) is -0.0859. The van der Waals surface area contributed by atoms with Crippen LogP contribution in [0.4, 0.5) is 5.13 Å². The number of carbonyl (C=O) groups excluding carboxylic acids is 1. The number of carbonyl (C=O) groups is 1. The quantitative estimate of drug-likeness (QED) is 0.581. The Morgan fingerprint density at radius 1 is 1.18 bits per heavy atom. The van der Waals surface area contributed by atoms with Gasteiger partial charge in [-0.1, -0.05) is 48.5 Å². The number of hydrogen-bond acceptors (Lipinski definition) is 6. The predicted molar refractivity (Wildman–Crippen MR) is 96.3 cm³/mol. The number of nitrogens with zero attached hydrogens (tertiary/aromatic N) is 2. The number of nitrogens with one attached hydrogen (secondary N) is 1. The maximum Gasteiger partial charge on any atom is 0.239 e. The average molecular weight is 374 g/mol. The van der Waals surface area contributed by atoms with E-state index < -0.39 is 0 Å². The van der Waals surface area contributed by atoms with Crippen molar-refractivity contribution in [1.82, 2.24) is 10.2 Å². The summed E-state index contributed by atoms with van der Waals surface area (Å²) in [7, 11) is 0. The molecule has 0 radical (unpaired) electrons. The predicted octanol–water partition coefficient (Wildman–Crippen LogP) is 4.81. The third-order valence-corrected chi connectivity index (χ3v) is 5.76. The minimum Gasteiger partial charge on any atom is -0.300 e. The lowest BCUT2D eigenvalue weighted by Crippen LogP contribution is -2.22. The molecule has 0 aliphatic carbocycles. The van der Waals surface area contributed by atoms with Gasteiger partial charge in [-0.25, -0.2) is 0 Å². The first-order valence-electron chi connectivity index (χ1n) is 6.67. The van der Waals surface area contributed by atoms with Crippen LogP contribution in [0.5, 0.6) is 0 Å². The van der Waals surface area contributed by atoms with Crippen molar-refractivity contribution in [1.29, 1.82) is 0 Å². The van der Waals surface area contributed by atoms with Crippen LogP contribution in [0.2, 0.25) is 5.02 Å². The largest absolute Gasteiger partial charge is 0.300 e. The van der Waals surface area contributed by atoms with Crippen molar-refractivity contribution in [3.63, 3.8) is 0 Å². The van der Waals surface area contributed by atoms with E-state index in [1.807, 2.05) is 31.2 Å². The molecule has 4 nitrogen and oxygen atoms in total. The first-order valence-corrected chi connectivity index (χ1v) is 9.62. The summed E-state index contributed by atoms with van der Waals surface area (Å²) < 4.78 is 0.864. The van der Waals surface area contributed by atoms with Crippen LogP contribution in [-0.4, -0.2) is 26.6 Å². The summed E-state index contributed by atoms with van der Waals surface area (Å²) in [5, 5.41) is 12.3. The molecule has 1 heterocycles. The van der Waals surface area contributed by atoms with Gasteiger partial charge in [-0.15, -0.1) is 22.0 Å². The number of amides is 1. The highest BCUT2D eigenvalue weighted by molar-refractivity contribution is 8.01. The molecule has 118 valence electrons. The Morgan fingerprint density at radius 3 is 2.50 bits per heavy atom. The van der Waals surface area contributed by atoms with E-state index >= 15 is 0 Å². The number of benzene rings is 1. The van der Waals surface area contributed by atoms with Crippen molar-refractivity contribution < 1.29 is 4.79 Å². The van der Waals surface area contributed by atoms with Crippen LogP contribution in [0.1, 0.15) is 20.8 Å². The maximum absolute atomic E-state index is 12.2. The first-order chi connectivity index (χ1) is 10.4. The summed E-state index contributed by atoms with van der Waals surface area (Å²) in [6.07, 6.45) is 0. The van der Waals surface area contributed by atoms with Crippen molar-refractivity contribution in [2.24, 2.45) is 0 Å². The van der Waals surface area contributed by atoms with Crippen LogP contribution < -0.4 is 5.32 Å². The lowest BCUT2D eigenvalue weighted by atomic mass is 10.4. The average Bonchev–Trinajstić information content (AvgIpc) is 2.87. The standard InChI is InChI=1S/C14H16ClN3OS3/c1-8(2)20-14-18-17-13(22-14)16-12(19)9(3)21-11-6-4-10(15)5-7-11/h4-9H,1-3H3,(H,16,17,19)/t9-/m1/s1. The second kappa shape index (κ2) is 8.19. The van der Waals surface area contributed by atoms with E-state index in [0.717, 1.165) is 9.24 Å². The van der Waals surface area contributed by atoms with Gasteiger partial charge < -0.3 is 0 Å². The maximum atomic E-state index is 12.2. The van der Waals surface area contributed by atoms with Gasteiger partial charge in [0.15, 0.2) is 4.34 Å². The van der Waals surface area contributed by atoms with E-state index in [1.165, 1.54) is 23.1 Å². The van der Waals surface area contributed by atoms with Crippen LogP contribution in [-0.2, 0) is 4.79 Å². The van der Waals surface area contributed by atoms with Crippen molar-refractivity contribution in [3.05, 3.63) is 29.3 Å². The molecule has 1 aromatic carbocycles. The zero-order valence-corrected chi connectivity index (χ0v) is 15.6. The Balaban J connectivity index is 1.90. The van der Waals surface area contributed by atoms with E-state index in [-0.39, 0.29) is 11.2 Å². The van der Waals surface area contributed by atoms with E-state index in [9.17, 15) is 4.79 Å². The van der Waals surface area contributed by atoms with Gasteiger partial charge in [-0.05, 0) is 31.2 Å². The second-order valence-electron chi connectivity index (χ2n) is 4.74. The molecule has 8 heteroatoms. The topological polar surface area (TPSA) is 54.9 Å². The lowest BCUT2D eigenvalue weighted by Gasteiger charge is -2.10. The smallest absolute Gasteiger partial charge is 0.239 e. The molecule has 0 aliphatic rings. The van der Waals surface area contributed by atoms with Gasteiger partial charge in [0.05, 0.1) is 5.25 Å².